The van der Waals surface area contributed by atoms with Crippen LogP contribution in [0.15, 0.2) is 0 Å². The molecule has 0 spiro atoms. The average molecular weight is 266 g/mol. The molecule has 0 aromatic carbocycles. The quantitative estimate of drug-likeness (QED) is 0.781. The molecule has 8 heteroatoms. The number of hydrogen-bond acceptors (Lipinski definition) is 3. The highest BCUT2D eigenvalue weighted by molar-refractivity contribution is 5.82. The molecular weight excluding hydrogens is 253 g/mol. The van der Waals surface area contributed by atoms with Crippen LogP contribution in [-0.4, -0.2) is 64.7 Å². The summed E-state index contributed by atoms with van der Waals surface area (Å²) in [5, 5.41) is 8.70. The fourth-order valence-corrected chi connectivity index (χ4v) is 2.69. The van der Waals surface area contributed by atoms with E-state index in [0.29, 0.717) is 12.8 Å². The first-order valence-electron chi connectivity index (χ1n) is 5.62. The lowest BCUT2D eigenvalue weighted by Crippen LogP contribution is -2.66. The van der Waals surface area contributed by atoms with Crippen LogP contribution in [0.25, 0.3) is 0 Å². The maximum absolute atomic E-state index is 12.4. The topological polar surface area (TPSA) is 60.9 Å². The number of piperazine rings is 1. The van der Waals surface area contributed by atoms with Gasteiger partial charge in [-0.3, -0.25) is 14.5 Å². The summed E-state index contributed by atoms with van der Waals surface area (Å²) in [5.74, 6) is -2.82. The van der Waals surface area contributed by atoms with E-state index in [1.54, 1.807) is 4.90 Å². The zero-order chi connectivity index (χ0) is 13.5. The molecule has 0 aromatic rings. The second-order valence-electron chi connectivity index (χ2n) is 4.66. The zero-order valence-electron chi connectivity index (χ0n) is 9.48. The molecule has 0 aliphatic carbocycles. The molecule has 2 unspecified atom stereocenters. The van der Waals surface area contributed by atoms with Gasteiger partial charge in [0, 0.05) is 25.2 Å². The molecule has 3 aliphatic heterocycles. The van der Waals surface area contributed by atoms with Gasteiger partial charge in [0.05, 0.1) is 6.54 Å². The van der Waals surface area contributed by atoms with Gasteiger partial charge in [-0.05, 0) is 12.8 Å². The Hall–Kier alpha value is -1.31. The maximum Gasteiger partial charge on any atom is 0.471 e. The fraction of sp³-hybridized carbons (Fsp3) is 0.800. The highest BCUT2D eigenvalue weighted by atomic mass is 19.4. The number of aliphatic carboxylic acids is 1. The van der Waals surface area contributed by atoms with Gasteiger partial charge in [0.1, 0.15) is 0 Å². The fourth-order valence-electron chi connectivity index (χ4n) is 2.69. The second-order valence-corrected chi connectivity index (χ2v) is 4.66. The van der Waals surface area contributed by atoms with Crippen LogP contribution in [0.4, 0.5) is 13.2 Å². The minimum atomic E-state index is -4.85. The van der Waals surface area contributed by atoms with Crippen molar-refractivity contribution in [2.24, 2.45) is 0 Å². The SMILES string of the molecule is O=C(O)CN1CC2CCC1CN2C(=O)C(F)(F)F. The van der Waals surface area contributed by atoms with Gasteiger partial charge in [-0.15, -0.1) is 0 Å². The Balaban J connectivity index is 2.05. The summed E-state index contributed by atoms with van der Waals surface area (Å²) in [7, 11) is 0. The van der Waals surface area contributed by atoms with E-state index in [2.05, 4.69) is 0 Å². The van der Waals surface area contributed by atoms with Gasteiger partial charge in [-0.1, -0.05) is 0 Å². The molecular formula is C10H13F3N2O3. The van der Waals surface area contributed by atoms with E-state index in [9.17, 15) is 22.8 Å². The first-order chi connectivity index (χ1) is 8.29. The number of carbonyl (C=O) groups excluding carboxylic acids is 1. The maximum atomic E-state index is 12.4. The number of carboxylic acids is 1. The van der Waals surface area contributed by atoms with Gasteiger partial charge in [0.15, 0.2) is 0 Å². The predicted molar refractivity (Wildman–Crippen MR) is 53.8 cm³/mol. The molecule has 0 saturated carbocycles. The first-order valence-corrected chi connectivity index (χ1v) is 5.62. The summed E-state index contributed by atoms with van der Waals surface area (Å²) in [6, 6.07) is -0.805. The van der Waals surface area contributed by atoms with E-state index in [4.69, 9.17) is 5.11 Å². The molecule has 1 N–H and O–H groups in total. The van der Waals surface area contributed by atoms with Gasteiger partial charge in [-0.2, -0.15) is 13.2 Å². The number of rotatable bonds is 2. The lowest BCUT2D eigenvalue weighted by molar-refractivity contribution is -0.194. The Morgan fingerprint density at radius 2 is 1.78 bits per heavy atom. The number of alkyl halides is 3. The van der Waals surface area contributed by atoms with Crippen LogP contribution in [0, 0.1) is 0 Å². The molecule has 3 rings (SSSR count). The van der Waals surface area contributed by atoms with Crippen molar-refractivity contribution in [3.63, 3.8) is 0 Å². The highest BCUT2D eigenvalue weighted by Crippen LogP contribution is 2.31. The van der Waals surface area contributed by atoms with Crippen LogP contribution in [0.1, 0.15) is 12.8 Å². The van der Waals surface area contributed by atoms with E-state index in [1.165, 1.54) is 0 Å². The molecule has 3 fully saturated rings. The molecule has 3 saturated heterocycles. The zero-order valence-corrected chi connectivity index (χ0v) is 9.48. The van der Waals surface area contributed by atoms with Gasteiger partial charge < -0.3 is 10.0 Å². The van der Waals surface area contributed by atoms with E-state index < -0.39 is 24.1 Å². The van der Waals surface area contributed by atoms with Crippen molar-refractivity contribution in [2.75, 3.05) is 19.6 Å². The van der Waals surface area contributed by atoms with Gasteiger partial charge in [0.25, 0.3) is 0 Å². The standard InChI is InChI=1S/C10H13F3N2O3/c11-10(12,13)9(18)15-4-6-1-2-7(15)3-14(6)5-8(16)17/h6-7H,1-5H2,(H,16,17). The number of nitrogens with zero attached hydrogens (tertiary/aromatic N) is 2. The average Bonchev–Trinajstić information content (AvgIpc) is 2.26. The molecule has 18 heavy (non-hydrogen) atoms. The summed E-state index contributed by atoms with van der Waals surface area (Å²) >= 11 is 0. The number of fused-ring (bicyclic) bond motifs is 3. The van der Waals surface area contributed by atoms with Crippen molar-refractivity contribution in [3.05, 3.63) is 0 Å². The number of halogens is 3. The summed E-state index contributed by atoms with van der Waals surface area (Å²) in [5.41, 5.74) is 0. The normalized spacial score (nSPS) is 28.5. The molecule has 0 aromatic heterocycles. The van der Waals surface area contributed by atoms with Crippen LogP contribution in [0.3, 0.4) is 0 Å². The number of carboxylic acid groups (broad SMARTS) is 1. The molecule has 3 heterocycles. The Labute approximate surface area is 101 Å². The number of piperidine rings is 2. The molecule has 0 radical (unpaired) electrons. The van der Waals surface area contributed by atoms with E-state index >= 15 is 0 Å². The van der Waals surface area contributed by atoms with Gasteiger partial charge in [-0.25, -0.2) is 0 Å². The molecule has 102 valence electrons. The third-order valence-corrected chi connectivity index (χ3v) is 3.48. The highest BCUT2D eigenvalue weighted by Gasteiger charge is 2.49. The summed E-state index contributed by atoms with van der Waals surface area (Å²) in [6.45, 7) is -0.00963. The molecule has 3 aliphatic rings. The Morgan fingerprint density at radius 1 is 1.17 bits per heavy atom. The van der Waals surface area contributed by atoms with Crippen molar-refractivity contribution in [1.29, 1.82) is 0 Å². The van der Waals surface area contributed by atoms with Crippen LogP contribution < -0.4 is 0 Å². The van der Waals surface area contributed by atoms with Crippen LogP contribution in [0.5, 0.6) is 0 Å². The minimum absolute atomic E-state index is 0.0315. The van der Waals surface area contributed by atoms with Crippen LogP contribution in [-0.2, 0) is 9.59 Å². The largest absolute Gasteiger partial charge is 0.480 e. The van der Waals surface area contributed by atoms with Crippen molar-refractivity contribution in [2.45, 2.75) is 31.1 Å². The molecule has 5 nitrogen and oxygen atoms in total. The third-order valence-electron chi connectivity index (χ3n) is 3.48. The molecule has 1 amide bonds. The Kier molecular flexibility index (Phi) is 3.22. The summed E-state index contributed by atoms with van der Waals surface area (Å²) in [6.07, 6.45) is -3.71. The van der Waals surface area contributed by atoms with Crippen LogP contribution >= 0.6 is 0 Å². The van der Waals surface area contributed by atoms with Gasteiger partial charge in [0.2, 0.25) is 0 Å². The predicted octanol–water partition coefficient (Wildman–Crippen LogP) is 0.308. The number of hydrogen-bond donors (Lipinski definition) is 1. The minimum Gasteiger partial charge on any atom is -0.480 e. The van der Waals surface area contributed by atoms with Crippen LogP contribution in [0.2, 0.25) is 0 Å². The lowest BCUT2D eigenvalue weighted by atomic mass is 9.90. The van der Waals surface area contributed by atoms with E-state index in [-0.39, 0.29) is 25.7 Å². The number of amides is 1. The number of carbonyl (C=O) groups is 2. The third kappa shape index (κ3) is 2.43. The first kappa shape index (κ1) is 13.1. The monoisotopic (exact) mass is 266 g/mol. The van der Waals surface area contributed by atoms with Gasteiger partial charge >= 0.3 is 18.1 Å². The van der Waals surface area contributed by atoms with Crippen molar-refractivity contribution >= 4 is 11.9 Å². The summed E-state index contributed by atoms with van der Waals surface area (Å²) in [4.78, 5) is 24.3. The second kappa shape index (κ2) is 4.42. The molecule has 2 bridgehead atoms. The lowest BCUT2D eigenvalue weighted by Gasteiger charge is -2.51. The molecule has 2 atom stereocenters. The smallest absolute Gasteiger partial charge is 0.471 e. The Bertz CT molecular complexity index is 372. The van der Waals surface area contributed by atoms with Crippen molar-refractivity contribution in [1.82, 2.24) is 9.80 Å². The van der Waals surface area contributed by atoms with E-state index in [0.717, 1.165) is 4.90 Å². The van der Waals surface area contributed by atoms with E-state index in [1.807, 2.05) is 0 Å². The Morgan fingerprint density at radius 3 is 2.22 bits per heavy atom. The van der Waals surface area contributed by atoms with Crippen molar-refractivity contribution in [3.8, 4) is 0 Å². The summed E-state index contributed by atoms with van der Waals surface area (Å²) < 4.78 is 37.1. The van der Waals surface area contributed by atoms with Crippen molar-refractivity contribution < 1.29 is 27.9 Å².